The number of hydrogen-bond acceptors (Lipinski definition) is 8. The predicted molar refractivity (Wildman–Crippen MR) is 200 cm³/mol. The Morgan fingerprint density at radius 1 is 0.642 bits per heavy atom. The molecule has 0 amide bonds. The van der Waals surface area contributed by atoms with Gasteiger partial charge in [-0.25, -0.2) is 0 Å². The minimum Gasteiger partial charge on any atom is -0.504 e. The number of ether oxygens (including phenoxy) is 6. The van der Waals surface area contributed by atoms with Crippen molar-refractivity contribution in [3.05, 3.63) is 185 Å². The Bertz CT molecular complexity index is 2110. The Hall–Kier alpha value is -6.25. The Kier molecular flexibility index (Phi) is 10.9. The fourth-order valence-electron chi connectivity index (χ4n) is 6.25. The van der Waals surface area contributed by atoms with E-state index in [-0.39, 0.29) is 31.1 Å². The van der Waals surface area contributed by atoms with Crippen molar-refractivity contribution in [1.29, 1.82) is 0 Å². The SMILES string of the molecule is CC(=O)OC1(c2ccc(O)c(OCc3ccccc3)c2)Oc2cc(OCc3ccccc3)cc(OCc3ccccc3)c2CC1OCc1ccccc1. The Labute approximate surface area is 309 Å². The second kappa shape index (κ2) is 16.4. The topological polar surface area (TPSA) is 92.7 Å². The quantitative estimate of drug-likeness (QED) is 0.112. The highest BCUT2D eigenvalue weighted by Gasteiger charge is 2.52. The number of hydrogen-bond donors (Lipinski definition) is 1. The van der Waals surface area contributed by atoms with E-state index in [1.165, 1.54) is 13.0 Å². The lowest BCUT2D eigenvalue weighted by Crippen LogP contribution is -2.53. The van der Waals surface area contributed by atoms with E-state index in [0.717, 1.165) is 27.8 Å². The van der Waals surface area contributed by atoms with Gasteiger partial charge in [-0.1, -0.05) is 121 Å². The van der Waals surface area contributed by atoms with Crippen LogP contribution in [0.3, 0.4) is 0 Å². The average Bonchev–Trinajstić information content (AvgIpc) is 3.19. The van der Waals surface area contributed by atoms with E-state index in [1.54, 1.807) is 18.2 Å². The van der Waals surface area contributed by atoms with E-state index in [9.17, 15) is 9.90 Å². The largest absolute Gasteiger partial charge is 0.504 e. The first-order valence-corrected chi connectivity index (χ1v) is 17.5. The fourth-order valence-corrected chi connectivity index (χ4v) is 6.25. The number of benzene rings is 6. The van der Waals surface area contributed by atoms with Gasteiger partial charge in [-0.05, 0) is 40.5 Å². The number of rotatable bonds is 14. The minimum absolute atomic E-state index is 0.0752. The summed E-state index contributed by atoms with van der Waals surface area (Å²) in [5, 5.41) is 10.9. The first-order chi connectivity index (χ1) is 25.9. The fraction of sp³-hybridized carbons (Fsp3) is 0.178. The van der Waals surface area contributed by atoms with E-state index >= 15 is 0 Å². The molecule has 0 fully saturated rings. The highest BCUT2D eigenvalue weighted by Crippen LogP contribution is 2.49. The number of aromatic hydroxyl groups is 1. The summed E-state index contributed by atoms with van der Waals surface area (Å²) in [4.78, 5) is 13.0. The molecule has 8 heteroatoms. The summed E-state index contributed by atoms with van der Waals surface area (Å²) in [6.45, 7) is 2.37. The molecule has 0 saturated heterocycles. The lowest BCUT2D eigenvalue weighted by molar-refractivity contribution is -0.257. The molecule has 0 radical (unpaired) electrons. The number of carbonyl (C=O) groups is 1. The molecule has 6 aromatic rings. The number of phenols is 1. The number of phenolic OH excluding ortho intramolecular Hbond substituents is 1. The summed E-state index contributed by atoms with van der Waals surface area (Å²) in [5.74, 6) is -0.793. The van der Waals surface area contributed by atoms with Crippen LogP contribution in [-0.2, 0) is 52.9 Å². The van der Waals surface area contributed by atoms with Crippen LogP contribution in [0.1, 0.15) is 40.3 Å². The molecular weight excluding hydrogens is 668 g/mol. The molecule has 1 N–H and O–H groups in total. The van der Waals surface area contributed by atoms with Crippen molar-refractivity contribution in [3.63, 3.8) is 0 Å². The van der Waals surface area contributed by atoms with Crippen molar-refractivity contribution in [2.45, 2.75) is 51.7 Å². The van der Waals surface area contributed by atoms with Gasteiger partial charge in [0.15, 0.2) is 11.5 Å². The summed E-state index contributed by atoms with van der Waals surface area (Å²) in [6, 6.07) is 47.6. The summed E-state index contributed by atoms with van der Waals surface area (Å²) in [5.41, 5.74) is 4.98. The van der Waals surface area contributed by atoms with Gasteiger partial charge in [0, 0.05) is 36.6 Å². The van der Waals surface area contributed by atoms with Gasteiger partial charge < -0.3 is 33.5 Å². The molecule has 1 aliphatic rings. The molecule has 6 aromatic carbocycles. The molecule has 0 aromatic heterocycles. The van der Waals surface area contributed by atoms with Gasteiger partial charge in [-0.15, -0.1) is 0 Å². The zero-order valence-corrected chi connectivity index (χ0v) is 29.4. The molecule has 0 bridgehead atoms. The van der Waals surface area contributed by atoms with Gasteiger partial charge in [-0.3, -0.25) is 4.79 Å². The first-order valence-electron chi connectivity index (χ1n) is 17.5. The van der Waals surface area contributed by atoms with Crippen molar-refractivity contribution in [3.8, 4) is 28.7 Å². The predicted octanol–water partition coefficient (Wildman–Crippen LogP) is 9.07. The zero-order valence-electron chi connectivity index (χ0n) is 29.4. The highest BCUT2D eigenvalue weighted by atomic mass is 16.7. The van der Waals surface area contributed by atoms with Crippen LogP contribution in [0.5, 0.6) is 28.7 Å². The molecule has 1 heterocycles. The molecule has 0 saturated carbocycles. The van der Waals surface area contributed by atoms with Crippen molar-refractivity contribution >= 4 is 5.97 Å². The highest BCUT2D eigenvalue weighted by molar-refractivity contribution is 5.67. The third-order valence-corrected chi connectivity index (χ3v) is 8.89. The van der Waals surface area contributed by atoms with Crippen molar-refractivity contribution in [1.82, 2.24) is 0 Å². The standard InChI is InChI=1S/C45H40O8/c1-32(46)52-45(37-22-23-40(47)43(24-37)50-30-35-18-10-4-11-19-35)44(51-31-36-20-12-5-13-21-36)27-39-41(49-29-34-16-8-3-9-17-34)25-38(26-42(39)53-45)48-28-33-14-6-2-7-15-33/h2-26,44,47H,27-31H2,1H3. The first kappa shape index (κ1) is 35.2. The van der Waals surface area contributed by atoms with E-state index in [2.05, 4.69) is 0 Å². The molecule has 2 unspecified atom stereocenters. The molecule has 0 aliphatic carbocycles. The van der Waals surface area contributed by atoms with E-state index in [1.807, 2.05) is 127 Å². The number of esters is 1. The molecule has 2 atom stereocenters. The number of carbonyl (C=O) groups excluding carboxylic acids is 1. The van der Waals surface area contributed by atoms with E-state index in [0.29, 0.717) is 36.0 Å². The summed E-state index contributed by atoms with van der Waals surface area (Å²) >= 11 is 0. The third-order valence-electron chi connectivity index (χ3n) is 8.89. The van der Waals surface area contributed by atoms with Gasteiger partial charge >= 0.3 is 11.8 Å². The zero-order chi connectivity index (χ0) is 36.5. The van der Waals surface area contributed by atoms with E-state index < -0.39 is 17.9 Å². The number of fused-ring (bicyclic) bond motifs is 1. The van der Waals surface area contributed by atoms with Crippen LogP contribution in [0, 0.1) is 0 Å². The maximum absolute atomic E-state index is 13.0. The van der Waals surface area contributed by atoms with Gasteiger partial charge in [-0.2, -0.15) is 0 Å². The maximum Gasteiger partial charge on any atom is 0.307 e. The Morgan fingerprint density at radius 2 is 1.15 bits per heavy atom. The molecule has 53 heavy (non-hydrogen) atoms. The van der Waals surface area contributed by atoms with Crippen LogP contribution in [0.2, 0.25) is 0 Å². The Morgan fingerprint density at radius 3 is 1.70 bits per heavy atom. The van der Waals surface area contributed by atoms with Gasteiger partial charge in [0.2, 0.25) is 0 Å². The smallest absolute Gasteiger partial charge is 0.307 e. The normalized spacial score (nSPS) is 16.1. The summed E-state index contributed by atoms with van der Waals surface area (Å²) in [6.07, 6.45) is -0.611. The van der Waals surface area contributed by atoms with Crippen LogP contribution in [0.4, 0.5) is 0 Å². The van der Waals surface area contributed by atoms with Crippen LogP contribution >= 0.6 is 0 Å². The second-order valence-electron chi connectivity index (χ2n) is 12.8. The average molecular weight is 709 g/mol. The molecule has 1 aliphatic heterocycles. The van der Waals surface area contributed by atoms with Gasteiger partial charge in [0.1, 0.15) is 43.2 Å². The van der Waals surface area contributed by atoms with Gasteiger partial charge in [0.25, 0.3) is 0 Å². The second-order valence-corrected chi connectivity index (χ2v) is 12.8. The monoisotopic (exact) mass is 708 g/mol. The van der Waals surface area contributed by atoms with Crippen molar-refractivity contribution in [2.24, 2.45) is 0 Å². The Balaban J connectivity index is 1.30. The third kappa shape index (κ3) is 8.63. The lowest BCUT2D eigenvalue weighted by Gasteiger charge is -2.43. The summed E-state index contributed by atoms with van der Waals surface area (Å²) < 4.78 is 38.6. The van der Waals surface area contributed by atoms with Crippen LogP contribution in [0.25, 0.3) is 0 Å². The molecule has 0 spiro atoms. The lowest BCUT2D eigenvalue weighted by atomic mass is 9.90. The van der Waals surface area contributed by atoms with Crippen LogP contribution in [-0.4, -0.2) is 17.2 Å². The van der Waals surface area contributed by atoms with Crippen molar-refractivity contribution in [2.75, 3.05) is 0 Å². The maximum atomic E-state index is 13.0. The molecule has 268 valence electrons. The minimum atomic E-state index is -1.79. The van der Waals surface area contributed by atoms with E-state index in [4.69, 9.17) is 28.4 Å². The molecular formula is C45H40O8. The van der Waals surface area contributed by atoms with Crippen molar-refractivity contribution < 1.29 is 38.3 Å². The van der Waals surface area contributed by atoms with Crippen LogP contribution < -0.4 is 18.9 Å². The summed E-state index contributed by atoms with van der Waals surface area (Å²) in [7, 11) is 0. The molecule has 7 rings (SSSR count). The molecule has 8 nitrogen and oxygen atoms in total. The van der Waals surface area contributed by atoms with Crippen LogP contribution in [0.15, 0.2) is 152 Å². The van der Waals surface area contributed by atoms with Gasteiger partial charge in [0.05, 0.1) is 6.61 Å².